The lowest BCUT2D eigenvalue weighted by Gasteiger charge is -2.12. The second-order valence-electron chi connectivity index (χ2n) is 6.17. The Balaban J connectivity index is 1.79. The molecule has 0 bridgehead atoms. The van der Waals surface area contributed by atoms with Crippen molar-refractivity contribution in [2.45, 2.75) is 20.5 Å². The SMILES string of the molecule is Cc1cccc(N=Cc2cc(Br)c(OCc3ccccc3F)c(Br)c2)c1C. The van der Waals surface area contributed by atoms with E-state index in [0.29, 0.717) is 11.3 Å². The van der Waals surface area contributed by atoms with Gasteiger partial charge in [-0.25, -0.2) is 4.39 Å². The Labute approximate surface area is 175 Å². The van der Waals surface area contributed by atoms with Crippen LogP contribution in [0.5, 0.6) is 5.75 Å². The van der Waals surface area contributed by atoms with Crippen molar-refractivity contribution in [2.75, 3.05) is 0 Å². The Hall–Kier alpha value is -1.98. The monoisotopic (exact) mass is 489 g/mol. The average molecular weight is 491 g/mol. The first-order valence-electron chi connectivity index (χ1n) is 8.41. The predicted molar refractivity (Wildman–Crippen MR) is 116 cm³/mol. The zero-order chi connectivity index (χ0) is 19.4. The molecule has 0 unspecified atom stereocenters. The first-order chi connectivity index (χ1) is 13.0. The van der Waals surface area contributed by atoms with E-state index in [-0.39, 0.29) is 12.4 Å². The van der Waals surface area contributed by atoms with Crippen molar-refractivity contribution in [3.8, 4) is 5.75 Å². The van der Waals surface area contributed by atoms with E-state index in [1.807, 2.05) is 30.5 Å². The Bertz CT molecular complexity index is 978. The van der Waals surface area contributed by atoms with Gasteiger partial charge in [-0.15, -0.1) is 0 Å². The number of aliphatic imine (C=N–C) groups is 1. The Morgan fingerprint density at radius 3 is 2.41 bits per heavy atom. The van der Waals surface area contributed by atoms with Crippen LogP contribution in [0.15, 0.2) is 68.5 Å². The van der Waals surface area contributed by atoms with Crippen molar-refractivity contribution in [2.24, 2.45) is 4.99 Å². The molecule has 0 spiro atoms. The fourth-order valence-corrected chi connectivity index (χ4v) is 4.03. The van der Waals surface area contributed by atoms with E-state index in [9.17, 15) is 4.39 Å². The normalized spacial score (nSPS) is 11.1. The molecule has 3 aromatic rings. The number of ether oxygens (including phenoxy) is 1. The third-order valence-corrected chi connectivity index (χ3v) is 5.46. The molecule has 0 aliphatic carbocycles. The average Bonchev–Trinajstić information content (AvgIpc) is 2.63. The molecule has 0 aliphatic rings. The molecule has 0 radical (unpaired) electrons. The molecule has 0 aromatic heterocycles. The quantitative estimate of drug-likeness (QED) is 0.344. The lowest BCUT2D eigenvalue weighted by Crippen LogP contribution is -2.00. The van der Waals surface area contributed by atoms with Gasteiger partial charge in [-0.2, -0.15) is 0 Å². The molecular weight excluding hydrogens is 473 g/mol. The summed E-state index contributed by atoms with van der Waals surface area (Å²) in [5.74, 6) is 0.351. The van der Waals surface area contributed by atoms with E-state index in [4.69, 9.17) is 4.74 Å². The molecule has 0 heterocycles. The number of rotatable bonds is 5. The first-order valence-corrected chi connectivity index (χ1v) is 10.00. The molecule has 0 N–H and O–H groups in total. The van der Waals surface area contributed by atoms with Crippen LogP contribution in [0.4, 0.5) is 10.1 Å². The molecule has 138 valence electrons. The number of hydrogen-bond acceptors (Lipinski definition) is 2. The molecule has 0 saturated carbocycles. The van der Waals surface area contributed by atoms with Gasteiger partial charge in [0.15, 0.2) is 0 Å². The number of hydrogen-bond donors (Lipinski definition) is 0. The van der Waals surface area contributed by atoms with Crippen LogP contribution in [-0.2, 0) is 6.61 Å². The summed E-state index contributed by atoms with van der Waals surface area (Å²) in [7, 11) is 0. The van der Waals surface area contributed by atoms with E-state index in [1.165, 1.54) is 11.6 Å². The minimum absolute atomic E-state index is 0.153. The van der Waals surface area contributed by atoms with E-state index in [2.05, 4.69) is 56.8 Å². The lowest BCUT2D eigenvalue weighted by molar-refractivity contribution is 0.296. The minimum Gasteiger partial charge on any atom is -0.486 e. The van der Waals surface area contributed by atoms with Crippen LogP contribution in [0.1, 0.15) is 22.3 Å². The summed E-state index contributed by atoms with van der Waals surface area (Å²) in [5.41, 5.74) is 4.76. The van der Waals surface area contributed by atoms with E-state index < -0.39 is 0 Å². The second-order valence-corrected chi connectivity index (χ2v) is 7.88. The summed E-state index contributed by atoms with van der Waals surface area (Å²) in [6.45, 7) is 4.29. The third kappa shape index (κ3) is 4.85. The molecule has 3 rings (SSSR count). The smallest absolute Gasteiger partial charge is 0.148 e. The zero-order valence-corrected chi connectivity index (χ0v) is 18.1. The Morgan fingerprint density at radius 1 is 1.00 bits per heavy atom. The van der Waals surface area contributed by atoms with Crippen molar-refractivity contribution in [1.82, 2.24) is 0 Å². The van der Waals surface area contributed by atoms with Crippen molar-refractivity contribution >= 4 is 43.8 Å². The van der Waals surface area contributed by atoms with E-state index in [1.54, 1.807) is 18.2 Å². The highest BCUT2D eigenvalue weighted by Gasteiger charge is 2.10. The topological polar surface area (TPSA) is 21.6 Å². The summed E-state index contributed by atoms with van der Waals surface area (Å²) in [6, 6.07) is 16.5. The molecule has 0 fully saturated rings. The first kappa shape index (κ1) is 19.8. The van der Waals surface area contributed by atoms with Gasteiger partial charge in [0.1, 0.15) is 18.2 Å². The maximum absolute atomic E-state index is 13.8. The zero-order valence-electron chi connectivity index (χ0n) is 15.0. The highest BCUT2D eigenvalue weighted by Crippen LogP contribution is 2.35. The molecule has 2 nitrogen and oxygen atoms in total. The standard InChI is InChI=1S/C22H18Br2FNO/c1-14-6-5-9-21(15(14)2)26-12-16-10-18(23)22(19(24)11-16)27-13-17-7-3-4-8-20(17)25/h3-12H,13H2,1-2H3. The molecule has 0 aliphatic heterocycles. The maximum atomic E-state index is 13.8. The summed E-state index contributed by atoms with van der Waals surface area (Å²) in [5, 5.41) is 0. The predicted octanol–water partition coefficient (Wildman–Crippen LogP) is 7.30. The fourth-order valence-electron chi connectivity index (χ4n) is 2.58. The van der Waals surface area contributed by atoms with Crippen LogP contribution in [0.3, 0.4) is 0 Å². The Morgan fingerprint density at radius 2 is 1.70 bits per heavy atom. The molecule has 0 atom stereocenters. The molecular formula is C22H18Br2FNO. The Kier molecular flexibility index (Phi) is 6.45. The van der Waals surface area contributed by atoms with E-state index >= 15 is 0 Å². The largest absolute Gasteiger partial charge is 0.486 e. The third-order valence-electron chi connectivity index (χ3n) is 4.28. The number of aryl methyl sites for hydroxylation is 1. The van der Waals surface area contributed by atoms with Gasteiger partial charge in [-0.05, 0) is 86.7 Å². The molecule has 27 heavy (non-hydrogen) atoms. The maximum Gasteiger partial charge on any atom is 0.148 e. The molecule has 3 aromatic carbocycles. The summed E-state index contributed by atoms with van der Waals surface area (Å²) in [6.07, 6.45) is 1.82. The lowest BCUT2D eigenvalue weighted by atomic mass is 10.1. The van der Waals surface area contributed by atoms with Crippen LogP contribution >= 0.6 is 31.9 Å². The van der Waals surface area contributed by atoms with Crippen LogP contribution in [-0.4, -0.2) is 6.21 Å². The van der Waals surface area contributed by atoms with Crippen LogP contribution in [0, 0.1) is 19.7 Å². The molecule has 0 amide bonds. The van der Waals surface area contributed by atoms with Gasteiger partial charge in [0, 0.05) is 11.8 Å². The minimum atomic E-state index is -0.276. The number of benzene rings is 3. The highest BCUT2D eigenvalue weighted by atomic mass is 79.9. The van der Waals surface area contributed by atoms with Crippen LogP contribution < -0.4 is 4.74 Å². The van der Waals surface area contributed by atoms with Crippen LogP contribution in [0.2, 0.25) is 0 Å². The van der Waals surface area contributed by atoms with Gasteiger partial charge in [-0.3, -0.25) is 4.99 Å². The highest BCUT2D eigenvalue weighted by molar-refractivity contribution is 9.11. The number of halogens is 3. The molecule has 0 saturated heterocycles. The van der Waals surface area contributed by atoms with Crippen molar-refractivity contribution < 1.29 is 9.13 Å². The van der Waals surface area contributed by atoms with Gasteiger partial charge >= 0.3 is 0 Å². The van der Waals surface area contributed by atoms with Gasteiger partial charge in [0.05, 0.1) is 14.6 Å². The number of nitrogens with zero attached hydrogens (tertiary/aromatic N) is 1. The van der Waals surface area contributed by atoms with Crippen molar-refractivity contribution in [1.29, 1.82) is 0 Å². The van der Waals surface area contributed by atoms with Crippen molar-refractivity contribution in [3.63, 3.8) is 0 Å². The van der Waals surface area contributed by atoms with Crippen LogP contribution in [0.25, 0.3) is 0 Å². The summed E-state index contributed by atoms with van der Waals surface area (Å²) < 4.78 is 21.1. The fraction of sp³-hybridized carbons (Fsp3) is 0.136. The van der Waals surface area contributed by atoms with Gasteiger partial charge in [0.25, 0.3) is 0 Å². The summed E-state index contributed by atoms with van der Waals surface area (Å²) >= 11 is 7.06. The van der Waals surface area contributed by atoms with Gasteiger partial charge < -0.3 is 4.74 Å². The van der Waals surface area contributed by atoms with Gasteiger partial charge in [0.2, 0.25) is 0 Å². The van der Waals surface area contributed by atoms with E-state index in [0.717, 1.165) is 25.8 Å². The molecule has 5 heteroatoms. The van der Waals surface area contributed by atoms with Gasteiger partial charge in [-0.1, -0.05) is 30.3 Å². The van der Waals surface area contributed by atoms with Crippen molar-refractivity contribution in [3.05, 3.63) is 91.6 Å². The summed E-state index contributed by atoms with van der Waals surface area (Å²) in [4.78, 5) is 4.60. The second kappa shape index (κ2) is 8.81.